The molecule has 0 aromatic carbocycles. The second-order valence-corrected chi connectivity index (χ2v) is 6.58. The lowest BCUT2D eigenvalue weighted by Gasteiger charge is -2.09. The molecule has 0 fully saturated rings. The third-order valence-corrected chi connectivity index (χ3v) is 4.71. The minimum Gasteiger partial charge on any atom is -0.265 e. The van der Waals surface area contributed by atoms with E-state index in [2.05, 4.69) is 25.0 Å². The summed E-state index contributed by atoms with van der Waals surface area (Å²) >= 11 is 0. The van der Waals surface area contributed by atoms with Crippen molar-refractivity contribution in [3.8, 4) is 17.3 Å². The Labute approximate surface area is 155 Å². The van der Waals surface area contributed by atoms with Crippen molar-refractivity contribution in [2.45, 2.75) is 25.7 Å². The normalized spacial score (nSPS) is 13.9. The van der Waals surface area contributed by atoms with Gasteiger partial charge >= 0.3 is 0 Å². The van der Waals surface area contributed by atoms with Gasteiger partial charge in [-0.3, -0.25) is 15.0 Å². The fraction of sp³-hybridized carbons (Fsp3) is 0.278. The molecule has 0 aliphatic heterocycles. The molecule has 4 aromatic heterocycles. The highest BCUT2D eigenvalue weighted by atomic mass is 15.5. The first-order valence-corrected chi connectivity index (χ1v) is 8.73. The van der Waals surface area contributed by atoms with E-state index in [0.29, 0.717) is 17.6 Å². The molecule has 9 heteroatoms. The van der Waals surface area contributed by atoms with Crippen LogP contribution in [-0.4, -0.2) is 44.5 Å². The standard InChI is InChI=1S/C18H17N9/c1-11-22-18(26(2)24-11)27-17(13-9-14-15(10-13)21-8-7-20-14)23-16(25-27)12-3-5-19-6-4-12/h3-8,13H,9-10H2,1-2H3. The Hall–Kier alpha value is -3.49. The molecule has 0 unspecified atom stereocenters. The third kappa shape index (κ3) is 2.67. The van der Waals surface area contributed by atoms with E-state index in [1.807, 2.05) is 26.1 Å². The second-order valence-electron chi connectivity index (χ2n) is 6.58. The van der Waals surface area contributed by atoms with Crippen molar-refractivity contribution in [2.75, 3.05) is 0 Å². The molecule has 1 aliphatic rings. The van der Waals surface area contributed by atoms with E-state index in [9.17, 15) is 0 Å². The Kier molecular flexibility index (Phi) is 3.52. The van der Waals surface area contributed by atoms with Crippen molar-refractivity contribution in [1.29, 1.82) is 0 Å². The van der Waals surface area contributed by atoms with Crippen LogP contribution in [0.5, 0.6) is 0 Å². The Bertz CT molecular complexity index is 1090. The van der Waals surface area contributed by atoms with Gasteiger partial charge in [0.05, 0.1) is 11.4 Å². The van der Waals surface area contributed by atoms with Crippen LogP contribution >= 0.6 is 0 Å². The number of rotatable bonds is 3. The van der Waals surface area contributed by atoms with Gasteiger partial charge in [-0.2, -0.15) is 14.8 Å². The monoisotopic (exact) mass is 359 g/mol. The van der Waals surface area contributed by atoms with Crippen LogP contribution in [0.15, 0.2) is 36.9 Å². The van der Waals surface area contributed by atoms with Gasteiger partial charge in [0.15, 0.2) is 5.82 Å². The van der Waals surface area contributed by atoms with Crippen molar-refractivity contribution >= 4 is 0 Å². The van der Waals surface area contributed by atoms with Crippen LogP contribution in [0.25, 0.3) is 17.3 Å². The van der Waals surface area contributed by atoms with Gasteiger partial charge in [-0.15, -0.1) is 5.10 Å². The Morgan fingerprint density at radius 1 is 0.926 bits per heavy atom. The zero-order chi connectivity index (χ0) is 18.4. The summed E-state index contributed by atoms with van der Waals surface area (Å²) in [7, 11) is 1.86. The number of fused-ring (bicyclic) bond motifs is 1. The number of aryl methyl sites for hydroxylation is 2. The lowest BCUT2D eigenvalue weighted by molar-refractivity contribution is 0.606. The van der Waals surface area contributed by atoms with E-state index in [4.69, 9.17) is 10.1 Å². The first kappa shape index (κ1) is 15.7. The van der Waals surface area contributed by atoms with Crippen LogP contribution < -0.4 is 0 Å². The lowest BCUT2D eigenvalue weighted by atomic mass is 10.1. The molecule has 0 N–H and O–H groups in total. The van der Waals surface area contributed by atoms with Gasteiger partial charge in [0, 0.05) is 56.2 Å². The topological polar surface area (TPSA) is 100 Å². The first-order chi connectivity index (χ1) is 13.2. The summed E-state index contributed by atoms with van der Waals surface area (Å²) in [6, 6.07) is 3.80. The predicted molar refractivity (Wildman–Crippen MR) is 96.1 cm³/mol. The zero-order valence-corrected chi connectivity index (χ0v) is 15.0. The number of hydrogen-bond donors (Lipinski definition) is 0. The molecule has 0 atom stereocenters. The Morgan fingerprint density at radius 2 is 1.63 bits per heavy atom. The highest BCUT2D eigenvalue weighted by molar-refractivity contribution is 5.53. The van der Waals surface area contributed by atoms with E-state index in [-0.39, 0.29) is 5.92 Å². The third-order valence-electron chi connectivity index (χ3n) is 4.71. The number of hydrogen-bond acceptors (Lipinski definition) is 7. The minimum absolute atomic E-state index is 0.141. The van der Waals surface area contributed by atoms with Gasteiger partial charge in [-0.1, -0.05) is 0 Å². The van der Waals surface area contributed by atoms with Crippen LogP contribution in [0.3, 0.4) is 0 Å². The van der Waals surface area contributed by atoms with E-state index in [1.165, 1.54) is 0 Å². The van der Waals surface area contributed by atoms with Crippen LogP contribution in [-0.2, 0) is 19.9 Å². The zero-order valence-electron chi connectivity index (χ0n) is 15.0. The van der Waals surface area contributed by atoms with Gasteiger partial charge in [-0.05, 0) is 19.1 Å². The molecule has 9 nitrogen and oxygen atoms in total. The van der Waals surface area contributed by atoms with Crippen molar-refractivity contribution in [2.24, 2.45) is 7.05 Å². The fourth-order valence-electron chi connectivity index (χ4n) is 3.50. The average Bonchev–Trinajstić information content (AvgIpc) is 3.38. The average molecular weight is 359 g/mol. The molecule has 0 saturated carbocycles. The fourth-order valence-corrected chi connectivity index (χ4v) is 3.50. The molecule has 0 amide bonds. The SMILES string of the molecule is Cc1nc(-n2nc(-c3ccncc3)nc2C2Cc3nccnc3C2)n(C)n1. The van der Waals surface area contributed by atoms with Gasteiger partial charge in [-0.25, -0.2) is 9.67 Å². The molecule has 134 valence electrons. The smallest absolute Gasteiger partial charge is 0.250 e. The quantitative estimate of drug-likeness (QED) is 0.545. The molecular weight excluding hydrogens is 342 g/mol. The van der Waals surface area contributed by atoms with Crippen LogP contribution in [0.4, 0.5) is 0 Å². The second kappa shape index (κ2) is 6.04. The summed E-state index contributed by atoms with van der Waals surface area (Å²) in [5.74, 6) is 2.97. The highest BCUT2D eigenvalue weighted by Gasteiger charge is 2.31. The van der Waals surface area contributed by atoms with Crippen molar-refractivity contribution < 1.29 is 0 Å². The van der Waals surface area contributed by atoms with Crippen molar-refractivity contribution in [1.82, 2.24) is 44.5 Å². The van der Waals surface area contributed by atoms with Gasteiger partial charge in [0.25, 0.3) is 5.95 Å². The lowest BCUT2D eigenvalue weighted by Crippen LogP contribution is -2.13. The predicted octanol–water partition coefficient (Wildman–Crippen LogP) is 1.44. The summed E-state index contributed by atoms with van der Waals surface area (Å²) < 4.78 is 3.52. The maximum Gasteiger partial charge on any atom is 0.250 e. The van der Waals surface area contributed by atoms with Gasteiger partial charge in [0.2, 0.25) is 0 Å². The van der Waals surface area contributed by atoms with Gasteiger partial charge in [0.1, 0.15) is 11.6 Å². The molecular formula is C18H17N9. The molecule has 0 radical (unpaired) electrons. The number of nitrogens with zero attached hydrogens (tertiary/aromatic N) is 9. The molecule has 4 heterocycles. The van der Waals surface area contributed by atoms with Crippen molar-refractivity contribution in [3.05, 3.63) is 60.0 Å². The summed E-state index contributed by atoms with van der Waals surface area (Å²) in [6.07, 6.45) is 8.52. The van der Waals surface area contributed by atoms with Gasteiger partial charge < -0.3 is 0 Å². The molecule has 27 heavy (non-hydrogen) atoms. The highest BCUT2D eigenvalue weighted by Crippen LogP contribution is 2.32. The van der Waals surface area contributed by atoms with E-state index >= 15 is 0 Å². The molecule has 0 spiro atoms. The largest absolute Gasteiger partial charge is 0.265 e. The van der Waals surface area contributed by atoms with E-state index in [1.54, 1.807) is 34.2 Å². The Morgan fingerprint density at radius 3 is 2.26 bits per heavy atom. The van der Waals surface area contributed by atoms with E-state index in [0.717, 1.165) is 35.6 Å². The number of aromatic nitrogens is 9. The Balaban J connectivity index is 1.63. The van der Waals surface area contributed by atoms with Crippen LogP contribution in [0.2, 0.25) is 0 Å². The summed E-state index contributed by atoms with van der Waals surface area (Å²) in [5.41, 5.74) is 2.96. The molecule has 0 bridgehead atoms. The van der Waals surface area contributed by atoms with Crippen LogP contribution in [0, 0.1) is 6.92 Å². The molecule has 1 aliphatic carbocycles. The summed E-state index contributed by atoms with van der Waals surface area (Å²) in [4.78, 5) is 22.4. The molecule has 5 rings (SSSR count). The maximum atomic E-state index is 4.86. The summed E-state index contributed by atoms with van der Waals surface area (Å²) in [6.45, 7) is 1.86. The maximum absolute atomic E-state index is 4.86. The molecule has 4 aromatic rings. The molecule has 0 saturated heterocycles. The summed E-state index contributed by atoms with van der Waals surface area (Å²) in [5, 5.41) is 9.10. The van der Waals surface area contributed by atoms with E-state index < -0.39 is 0 Å². The number of pyridine rings is 1. The minimum atomic E-state index is 0.141. The van der Waals surface area contributed by atoms with Crippen LogP contribution in [0.1, 0.15) is 29.0 Å². The first-order valence-electron chi connectivity index (χ1n) is 8.73. The van der Waals surface area contributed by atoms with Crippen molar-refractivity contribution in [3.63, 3.8) is 0 Å².